The average molecular weight is 367 g/mol. The molecule has 92 valence electrons. The van der Waals surface area contributed by atoms with Crippen LogP contribution < -0.4 is 34.7 Å². The maximum Gasteiger partial charge on any atom is 1.00 e. The van der Waals surface area contributed by atoms with Gasteiger partial charge in [0.1, 0.15) is 0 Å². The average Bonchev–Trinajstić information content (AvgIpc) is 2.39. The minimum Gasteiger partial charge on any atom is -0.550 e. The van der Waals surface area contributed by atoms with Crippen LogP contribution >= 0.6 is 22.6 Å². The quantitative estimate of drug-likeness (QED) is 0.285. The van der Waals surface area contributed by atoms with Crippen LogP contribution in [0.3, 0.4) is 0 Å². The Morgan fingerprint density at radius 2 is 1.83 bits per heavy atom. The number of rotatable bonds is 3. The van der Waals surface area contributed by atoms with Gasteiger partial charge < -0.3 is 9.90 Å². The standard InChI is InChI=1S/C13H16INO2.Na/c14-12(10-4-2-1-3-5-10)15-8-6-11(7-9-15)13(16)17;/h1-5,11-12H,6-9H2,(H,16,17);/q;+1/p-1. The second-order valence-electron chi connectivity index (χ2n) is 4.38. The van der Waals surface area contributed by atoms with Crippen LogP contribution in [-0.2, 0) is 4.79 Å². The fourth-order valence-corrected chi connectivity index (χ4v) is 3.16. The Labute approximate surface area is 143 Å². The van der Waals surface area contributed by atoms with Crippen molar-refractivity contribution in [3.63, 3.8) is 0 Å². The van der Waals surface area contributed by atoms with Gasteiger partial charge in [-0.05, 0) is 18.4 Å². The molecule has 0 amide bonds. The van der Waals surface area contributed by atoms with Crippen LogP contribution in [0.4, 0.5) is 0 Å². The molecule has 0 N–H and O–H groups in total. The SMILES string of the molecule is O=C([O-])C1CCN(C(I)c2ccccc2)CC1.[Na+]. The summed E-state index contributed by atoms with van der Waals surface area (Å²) in [5.74, 6) is -1.15. The molecule has 18 heavy (non-hydrogen) atoms. The van der Waals surface area contributed by atoms with Gasteiger partial charge in [0.05, 0.1) is 4.05 Å². The fourth-order valence-electron chi connectivity index (χ4n) is 2.18. The van der Waals surface area contributed by atoms with Crippen molar-refractivity contribution in [1.82, 2.24) is 4.90 Å². The number of hydrogen-bond donors (Lipinski definition) is 0. The predicted octanol–water partition coefficient (Wildman–Crippen LogP) is -1.41. The third-order valence-electron chi connectivity index (χ3n) is 3.26. The molecule has 1 heterocycles. The van der Waals surface area contributed by atoms with Gasteiger partial charge in [-0.15, -0.1) is 0 Å². The summed E-state index contributed by atoms with van der Waals surface area (Å²) in [5, 5.41) is 10.8. The minimum absolute atomic E-state index is 0. The van der Waals surface area contributed by atoms with Crippen molar-refractivity contribution in [3.05, 3.63) is 35.9 Å². The summed E-state index contributed by atoms with van der Waals surface area (Å²) >= 11 is 2.41. The summed E-state index contributed by atoms with van der Waals surface area (Å²) in [4.78, 5) is 13.1. The summed E-state index contributed by atoms with van der Waals surface area (Å²) in [6.45, 7) is 1.67. The van der Waals surface area contributed by atoms with E-state index in [0.717, 1.165) is 13.1 Å². The number of alkyl halides is 1. The number of benzene rings is 1. The topological polar surface area (TPSA) is 43.4 Å². The molecule has 1 aromatic rings. The van der Waals surface area contributed by atoms with Gasteiger partial charge >= 0.3 is 29.6 Å². The summed E-state index contributed by atoms with van der Waals surface area (Å²) in [6.07, 6.45) is 1.41. The third kappa shape index (κ3) is 4.20. The van der Waals surface area contributed by atoms with E-state index in [-0.39, 0.29) is 35.5 Å². The molecule has 0 spiro atoms. The van der Waals surface area contributed by atoms with E-state index in [1.165, 1.54) is 5.56 Å². The zero-order chi connectivity index (χ0) is 12.3. The molecule has 3 nitrogen and oxygen atoms in total. The molecule has 2 rings (SSSR count). The molecule has 1 aliphatic rings. The molecule has 1 fully saturated rings. The largest absolute Gasteiger partial charge is 1.00 e. The Bertz CT molecular complexity index is 380. The summed E-state index contributed by atoms with van der Waals surface area (Å²) < 4.78 is 0.330. The van der Waals surface area contributed by atoms with Gasteiger partial charge in [-0.2, -0.15) is 0 Å². The number of carbonyl (C=O) groups excluding carboxylic acids is 1. The minimum atomic E-state index is -0.894. The Morgan fingerprint density at radius 1 is 1.28 bits per heavy atom. The molecular weight excluding hydrogens is 352 g/mol. The van der Waals surface area contributed by atoms with Crippen molar-refractivity contribution < 1.29 is 39.5 Å². The van der Waals surface area contributed by atoms with Crippen LogP contribution in [0, 0.1) is 5.92 Å². The molecule has 1 aromatic carbocycles. The fraction of sp³-hybridized carbons (Fsp3) is 0.462. The second-order valence-corrected chi connectivity index (χ2v) is 5.56. The zero-order valence-electron chi connectivity index (χ0n) is 10.5. The van der Waals surface area contributed by atoms with Crippen molar-refractivity contribution in [2.75, 3.05) is 13.1 Å². The second kappa shape index (κ2) is 7.85. The number of carboxylic acid groups (broad SMARTS) is 1. The molecule has 0 aliphatic carbocycles. The molecular formula is C13H15INNaO2. The van der Waals surface area contributed by atoms with E-state index >= 15 is 0 Å². The number of piperidine rings is 1. The third-order valence-corrected chi connectivity index (χ3v) is 4.77. The molecule has 0 radical (unpaired) electrons. The zero-order valence-corrected chi connectivity index (χ0v) is 14.7. The van der Waals surface area contributed by atoms with Crippen molar-refractivity contribution in [2.45, 2.75) is 16.9 Å². The van der Waals surface area contributed by atoms with Crippen LogP contribution in [0.1, 0.15) is 22.5 Å². The van der Waals surface area contributed by atoms with Crippen LogP contribution in [-0.4, -0.2) is 24.0 Å². The summed E-state index contributed by atoms with van der Waals surface area (Å²) in [7, 11) is 0. The first-order valence-electron chi connectivity index (χ1n) is 5.82. The van der Waals surface area contributed by atoms with Crippen molar-refractivity contribution in [2.24, 2.45) is 5.92 Å². The van der Waals surface area contributed by atoms with E-state index in [0.29, 0.717) is 16.9 Å². The molecule has 0 saturated carbocycles. The number of likely N-dealkylation sites (tertiary alicyclic amines) is 1. The van der Waals surface area contributed by atoms with Crippen molar-refractivity contribution >= 4 is 28.6 Å². The number of carbonyl (C=O) groups is 1. The normalized spacial score (nSPS) is 18.9. The Morgan fingerprint density at radius 3 is 2.33 bits per heavy atom. The van der Waals surface area contributed by atoms with Gasteiger partial charge in [0.2, 0.25) is 0 Å². The van der Waals surface area contributed by atoms with Gasteiger partial charge in [0.25, 0.3) is 0 Å². The summed E-state index contributed by atoms with van der Waals surface area (Å²) in [6, 6.07) is 10.3. The molecule has 0 bridgehead atoms. The smallest absolute Gasteiger partial charge is 0.550 e. The van der Waals surface area contributed by atoms with Crippen LogP contribution in [0.25, 0.3) is 0 Å². The van der Waals surface area contributed by atoms with E-state index in [4.69, 9.17) is 0 Å². The first kappa shape index (κ1) is 16.4. The number of hydrogen-bond acceptors (Lipinski definition) is 3. The van der Waals surface area contributed by atoms with E-state index in [1.54, 1.807) is 0 Å². The molecule has 5 heteroatoms. The molecule has 1 atom stereocenters. The first-order valence-corrected chi connectivity index (χ1v) is 7.07. The predicted molar refractivity (Wildman–Crippen MR) is 72.5 cm³/mol. The van der Waals surface area contributed by atoms with Crippen molar-refractivity contribution in [3.8, 4) is 0 Å². The van der Waals surface area contributed by atoms with Gasteiger partial charge in [-0.25, -0.2) is 0 Å². The Hall–Kier alpha value is 0.380. The van der Waals surface area contributed by atoms with Crippen LogP contribution in [0.5, 0.6) is 0 Å². The van der Waals surface area contributed by atoms with E-state index in [9.17, 15) is 9.90 Å². The number of carboxylic acids is 1. The molecule has 0 aromatic heterocycles. The summed E-state index contributed by atoms with van der Waals surface area (Å²) in [5.41, 5.74) is 1.28. The number of nitrogens with zero attached hydrogens (tertiary/aromatic N) is 1. The Kier molecular flexibility index (Phi) is 7.16. The van der Waals surface area contributed by atoms with Gasteiger partial charge in [-0.3, -0.25) is 4.90 Å². The van der Waals surface area contributed by atoms with E-state index < -0.39 is 5.97 Å². The number of halogens is 1. The molecule has 1 unspecified atom stereocenters. The van der Waals surface area contributed by atoms with E-state index in [2.05, 4.69) is 39.6 Å². The van der Waals surface area contributed by atoms with Gasteiger partial charge in [-0.1, -0.05) is 52.9 Å². The molecule has 1 saturated heterocycles. The monoisotopic (exact) mass is 367 g/mol. The molecule has 1 aliphatic heterocycles. The van der Waals surface area contributed by atoms with Gasteiger partial charge in [0, 0.05) is 25.0 Å². The maximum absolute atomic E-state index is 10.8. The number of aliphatic carboxylic acids is 1. The first-order chi connectivity index (χ1) is 8.18. The maximum atomic E-state index is 10.8. The van der Waals surface area contributed by atoms with Crippen LogP contribution in [0.2, 0.25) is 0 Å². The van der Waals surface area contributed by atoms with E-state index in [1.807, 2.05) is 18.2 Å². The van der Waals surface area contributed by atoms with Crippen LogP contribution in [0.15, 0.2) is 30.3 Å². The Balaban J connectivity index is 0.00000162. The van der Waals surface area contributed by atoms with Crippen molar-refractivity contribution in [1.29, 1.82) is 0 Å². The van der Waals surface area contributed by atoms with Gasteiger partial charge in [0.15, 0.2) is 0 Å².